The van der Waals surface area contributed by atoms with Gasteiger partial charge in [0.1, 0.15) is 0 Å². The van der Waals surface area contributed by atoms with Crippen LogP contribution in [0, 0.1) is 5.92 Å². The Kier molecular flexibility index (Phi) is 5.17. The van der Waals surface area contributed by atoms with Crippen LogP contribution in [0.5, 0.6) is 0 Å². The number of rotatable bonds is 6. The third-order valence-electron chi connectivity index (χ3n) is 5.38. The van der Waals surface area contributed by atoms with Crippen LogP contribution in [0.4, 0.5) is 0 Å². The van der Waals surface area contributed by atoms with Gasteiger partial charge in [-0.15, -0.1) is 0 Å². The summed E-state index contributed by atoms with van der Waals surface area (Å²) in [5.74, 6) is 1.22. The van der Waals surface area contributed by atoms with Crippen LogP contribution in [-0.4, -0.2) is 60.5 Å². The first-order chi connectivity index (χ1) is 10.2. The van der Waals surface area contributed by atoms with Gasteiger partial charge in [-0.1, -0.05) is 0 Å². The molecule has 120 valence electrons. The van der Waals surface area contributed by atoms with Gasteiger partial charge in [0.2, 0.25) is 5.91 Å². The molecule has 0 aromatic rings. The van der Waals surface area contributed by atoms with Crippen LogP contribution in [0.15, 0.2) is 0 Å². The Morgan fingerprint density at radius 3 is 2.52 bits per heavy atom. The van der Waals surface area contributed by atoms with Gasteiger partial charge in [0.05, 0.1) is 6.04 Å². The average Bonchev–Trinajstić information content (AvgIpc) is 3.19. The van der Waals surface area contributed by atoms with Crippen molar-refractivity contribution in [3.63, 3.8) is 0 Å². The highest BCUT2D eigenvalue weighted by Crippen LogP contribution is 2.31. The first-order valence-electron chi connectivity index (χ1n) is 9.00. The van der Waals surface area contributed by atoms with E-state index >= 15 is 0 Å². The summed E-state index contributed by atoms with van der Waals surface area (Å²) < 4.78 is 0. The lowest BCUT2D eigenvalue weighted by atomic mass is 10.1. The van der Waals surface area contributed by atoms with Crippen LogP contribution in [0.1, 0.15) is 51.9 Å². The molecule has 3 fully saturated rings. The molecule has 1 aliphatic carbocycles. The molecule has 2 heterocycles. The zero-order valence-electron chi connectivity index (χ0n) is 13.5. The quantitative estimate of drug-likeness (QED) is 0.812. The molecule has 2 aliphatic heterocycles. The molecule has 0 aromatic heterocycles. The largest absolute Gasteiger partial charge is 0.341 e. The van der Waals surface area contributed by atoms with Gasteiger partial charge < -0.3 is 10.2 Å². The van der Waals surface area contributed by atoms with E-state index in [2.05, 4.69) is 22.0 Å². The molecule has 0 aromatic carbocycles. The number of amides is 1. The fraction of sp³-hybridized carbons (Fsp3) is 0.941. The Bertz CT molecular complexity index is 344. The number of hydrogen-bond donors (Lipinski definition) is 1. The summed E-state index contributed by atoms with van der Waals surface area (Å²) in [4.78, 5) is 17.4. The van der Waals surface area contributed by atoms with Gasteiger partial charge in [0, 0.05) is 32.2 Å². The SMILES string of the molecule is CC(C(=O)N1CCCCC1)N(CC1CC1)CC1CCCN1. The molecular formula is C17H31N3O. The van der Waals surface area contributed by atoms with Gasteiger partial charge in [0.15, 0.2) is 0 Å². The molecule has 4 heteroatoms. The van der Waals surface area contributed by atoms with E-state index < -0.39 is 0 Å². The van der Waals surface area contributed by atoms with E-state index in [1.54, 1.807) is 0 Å². The van der Waals surface area contributed by atoms with Gasteiger partial charge in [-0.3, -0.25) is 9.69 Å². The van der Waals surface area contributed by atoms with Crippen molar-refractivity contribution in [1.29, 1.82) is 0 Å². The standard InChI is InChI=1S/C17H31N3O/c1-14(17(21)19-10-3-2-4-11-19)20(12-15-7-8-15)13-16-6-5-9-18-16/h14-16,18H,2-13H2,1H3. The number of piperidine rings is 1. The lowest BCUT2D eigenvalue weighted by Gasteiger charge is -2.35. The molecule has 21 heavy (non-hydrogen) atoms. The van der Waals surface area contributed by atoms with Crippen LogP contribution in [0.25, 0.3) is 0 Å². The summed E-state index contributed by atoms with van der Waals surface area (Å²) in [7, 11) is 0. The van der Waals surface area contributed by atoms with E-state index in [9.17, 15) is 4.79 Å². The second kappa shape index (κ2) is 7.10. The molecule has 1 saturated carbocycles. The van der Waals surface area contributed by atoms with E-state index in [0.29, 0.717) is 11.9 Å². The summed E-state index contributed by atoms with van der Waals surface area (Å²) in [5, 5.41) is 3.59. The Labute approximate surface area is 129 Å². The molecule has 0 radical (unpaired) electrons. The van der Waals surface area contributed by atoms with Crippen molar-refractivity contribution in [1.82, 2.24) is 15.1 Å². The summed E-state index contributed by atoms with van der Waals surface area (Å²) in [6.07, 6.45) is 8.94. The fourth-order valence-electron chi connectivity index (χ4n) is 3.75. The number of nitrogens with one attached hydrogen (secondary N) is 1. The Hall–Kier alpha value is -0.610. The van der Waals surface area contributed by atoms with E-state index in [4.69, 9.17) is 0 Å². The zero-order valence-corrected chi connectivity index (χ0v) is 13.5. The number of likely N-dealkylation sites (tertiary alicyclic amines) is 1. The Morgan fingerprint density at radius 1 is 1.14 bits per heavy atom. The summed E-state index contributed by atoms with van der Waals surface area (Å²) in [5.41, 5.74) is 0. The summed E-state index contributed by atoms with van der Waals surface area (Å²) >= 11 is 0. The third kappa shape index (κ3) is 4.19. The van der Waals surface area contributed by atoms with Gasteiger partial charge in [-0.25, -0.2) is 0 Å². The minimum absolute atomic E-state index is 0.0612. The summed E-state index contributed by atoms with van der Waals surface area (Å²) in [6.45, 7) is 7.41. The number of carbonyl (C=O) groups excluding carboxylic acids is 1. The first-order valence-corrected chi connectivity index (χ1v) is 9.00. The maximum Gasteiger partial charge on any atom is 0.239 e. The van der Waals surface area contributed by atoms with Gasteiger partial charge in [0.25, 0.3) is 0 Å². The predicted octanol–water partition coefficient (Wildman–Crippen LogP) is 1.85. The van der Waals surface area contributed by atoms with Gasteiger partial charge in [-0.2, -0.15) is 0 Å². The maximum absolute atomic E-state index is 12.8. The van der Waals surface area contributed by atoms with E-state index in [-0.39, 0.29) is 6.04 Å². The second-order valence-corrected chi connectivity index (χ2v) is 7.25. The van der Waals surface area contributed by atoms with Crippen molar-refractivity contribution in [3.8, 4) is 0 Å². The Balaban J connectivity index is 1.57. The molecule has 3 aliphatic rings. The van der Waals surface area contributed by atoms with E-state index in [1.165, 1.54) is 44.9 Å². The third-order valence-corrected chi connectivity index (χ3v) is 5.38. The summed E-state index contributed by atoms with van der Waals surface area (Å²) in [6, 6.07) is 0.659. The highest BCUT2D eigenvalue weighted by Gasteiger charge is 2.33. The van der Waals surface area contributed by atoms with Crippen LogP contribution in [0.3, 0.4) is 0 Å². The van der Waals surface area contributed by atoms with Crippen molar-refractivity contribution in [2.75, 3.05) is 32.7 Å². The van der Waals surface area contributed by atoms with Crippen LogP contribution in [0.2, 0.25) is 0 Å². The normalized spacial score (nSPS) is 28.1. The van der Waals surface area contributed by atoms with Gasteiger partial charge in [-0.05, 0) is 64.3 Å². The monoisotopic (exact) mass is 293 g/mol. The van der Waals surface area contributed by atoms with Crippen molar-refractivity contribution in [2.45, 2.75) is 64.0 Å². The number of hydrogen-bond acceptors (Lipinski definition) is 3. The minimum atomic E-state index is 0.0612. The smallest absolute Gasteiger partial charge is 0.239 e. The fourth-order valence-corrected chi connectivity index (χ4v) is 3.75. The molecule has 2 atom stereocenters. The first kappa shape index (κ1) is 15.3. The van der Waals surface area contributed by atoms with Crippen LogP contribution < -0.4 is 5.32 Å². The number of carbonyl (C=O) groups is 1. The lowest BCUT2D eigenvalue weighted by molar-refractivity contribution is -0.137. The minimum Gasteiger partial charge on any atom is -0.341 e. The van der Waals surface area contributed by atoms with Crippen molar-refractivity contribution >= 4 is 5.91 Å². The molecular weight excluding hydrogens is 262 g/mol. The highest BCUT2D eigenvalue weighted by atomic mass is 16.2. The van der Waals surface area contributed by atoms with Crippen molar-refractivity contribution in [2.24, 2.45) is 5.92 Å². The zero-order chi connectivity index (χ0) is 14.7. The van der Waals surface area contributed by atoms with Crippen molar-refractivity contribution in [3.05, 3.63) is 0 Å². The molecule has 0 spiro atoms. The van der Waals surface area contributed by atoms with E-state index in [0.717, 1.165) is 38.6 Å². The second-order valence-electron chi connectivity index (χ2n) is 7.25. The van der Waals surface area contributed by atoms with E-state index in [1.807, 2.05) is 0 Å². The molecule has 3 rings (SSSR count). The molecule has 2 saturated heterocycles. The maximum atomic E-state index is 12.8. The lowest BCUT2D eigenvalue weighted by Crippen LogP contribution is -2.52. The molecule has 4 nitrogen and oxygen atoms in total. The highest BCUT2D eigenvalue weighted by molar-refractivity contribution is 5.81. The van der Waals surface area contributed by atoms with Crippen molar-refractivity contribution < 1.29 is 4.79 Å². The van der Waals surface area contributed by atoms with Crippen LogP contribution in [-0.2, 0) is 4.79 Å². The molecule has 1 N–H and O–H groups in total. The molecule has 1 amide bonds. The predicted molar refractivity (Wildman–Crippen MR) is 85.2 cm³/mol. The van der Waals surface area contributed by atoms with Gasteiger partial charge >= 0.3 is 0 Å². The average molecular weight is 293 g/mol. The molecule has 2 unspecified atom stereocenters. The topological polar surface area (TPSA) is 35.6 Å². The molecule has 0 bridgehead atoms. The number of nitrogens with zero attached hydrogens (tertiary/aromatic N) is 2. The van der Waals surface area contributed by atoms with Crippen LogP contribution >= 0.6 is 0 Å². The Morgan fingerprint density at radius 2 is 1.90 bits per heavy atom.